The molecule has 0 aliphatic carbocycles. The second-order valence-corrected chi connectivity index (χ2v) is 7.31. The number of aryl methyl sites for hydroxylation is 2. The Bertz CT molecular complexity index is 849. The lowest BCUT2D eigenvalue weighted by atomic mass is 10.0. The smallest absolute Gasteiger partial charge is 0.317 e. The fraction of sp³-hybridized carbons (Fsp3) is 0.455. The van der Waals surface area contributed by atoms with E-state index >= 15 is 0 Å². The number of ether oxygens (including phenoxy) is 1. The average molecular weight is 400 g/mol. The molecule has 0 bridgehead atoms. The fourth-order valence-corrected chi connectivity index (χ4v) is 3.65. The second-order valence-electron chi connectivity index (χ2n) is 7.31. The number of urea groups is 1. The minimum Gasteiger partial charge on any atom is -0.481 e. The van der Waals surface area contributed by atoms with E-state index < -0.39 is 0 Å². The number of carbonyl (C=O) groups is 1. The predicted molar refractivity (Wildman–Crippen MR) is 112 cm³/mol. The van der Waals surface area contributed by atoms with E-state index in [1.807, 2.05) is 18.7 Å². The van der Waals surface area contributed by atoms with Gasteiger partial charge < -0.3 is 19.9 Å². The van der Waals surface area contributed by atoms with Gasteiger partial charge in [0.2, 0.25) is 5.88 Å². The van der Waals surface area contributed by atoms with E-state index in [2.05, 4.69) is 28.2 Å². The third kappa shape index (κ3) is 4.78. The Morgan fingerprint density at radius 2 is 1.90 bits per heavy atom. The molecular formula is C22H29FN4O2. The van der Waals surface area contributed by atoms with Crippen molar-refractivity contribution in [2.24, 2.45) is 0 Å². The van der Waals surface area contributed by atoms with Gasteiger partial charge in [-0.25, -0.2) is 14.2 Å². The van der Waals surface area contributed by atoms with Crippen molar-refractivity contribution in [1.29, 1.82) is 0 Å². The van der Waals surface area contributed by atoms with Crippen LogP contribution in [0, 0.1) is 12.7 Å². The van der Waals surface area contributed by atoms with Gasteiger partial charge in [0.25, 0.3) is 0 Å². The molecule has 2 amide bonds. The lowest BCUT2D eigenvalue weighted by Gasteiger charge is -2.36. The zero-order valence-corrected chi connectivity index (χ0v) is 17.5. The summed E-state index contributed by atoms with van der Waals surface area (Å²) in [6.45, 7) is 8.64. The van der Waals surface area contributed by atoms with Gasteiger partial charge in [-0.1, -0.05) is 6.92 Å². The van der Waals surface area contributed by atoms with Crippen LogP contribution in [0.3, 0.4) is 0 Å². The first kappa shape index (κ1) is 20.9. The highest BCUT2D eigenvalue weighted by molar-refractivity contribution is 5.75. The first-order valence-electron chi connectivity index (χ1n) is 10.0. The molecule has 1 fully saturated rings. The zero-order valence-electron chi connectivity index (χ0n) is 17.5. The fourth-order valence-electron chi connectivity index (χ4n) is 3.65. The number of halogens is 1. The molecule has 6 nitrogen and oxygen atoms in total. The van der Waals surface area contributed by atoms with Gasteiger partial charge in [0.1, 0.15) is 5.82 Å². The molecular weight excluding hydrogens is 371 g/mol. The van der Waals surface area contributed by atoms with Gasteiger partial charge in [-0.2, -0.15) is 0 Å². The number of hydrogen-bond donors (Lipinski definition) is 1. The first-order chi connectivity index (χ1) is 13.9. The largest absolute Gasteiger partial charge is 0.481 e. The summed E-state index contributed by atoms with van der Waals surface area (Å²) in [5.74, 6) is 0.307. The van der Waals surface area contributed by atoms with Crippen LogP contribution in [0.25, 0.3) is 0 Å². The third-order valence-corrected chi connectivity index (χ3v) is 5.45. The van der Waals surface area contributed by atoms with Gasteiger partial charge in [0.15, 0.2) is 0 Å². The van der Waals surface area contributed by atoms with E-state index in [1.165, 1.54) is 12.1 Å². The van der Waals surface area contributed by atoms with E-state index in [1.54, 1.807) is 19.2 Å². The second kappa shape index (κ2) is 9.11. The highest BCUT2D eigenvalue weighted by atomic mass is 19.1. The molecule has 1 N–H and O–H groups in total. The van der Waals surface area contributed by atoms with Crippen LogP contribution in [0.1, 0.15) is 36.7 Å². The molecule has 7 heteroatoms. The van der Waals surface area contributed by atoms with Crippen LogP contribution in [0.5, 0.6) is 5.88 Å². The number of rotatable bonds is 5. The quantitative estimate of drug-likeness (QED) is 0.832. The molecule has 29 heavy (non-hydrogen) atoms. The van der Waals surface area contributed by atoms with Crippen LogP contribution in [0.15, 0.2) is 30.3 Å². The number of amides is 2. The maximum atomic E-state index is 13.1. The predicted octanol–water partition coefficient (Wildman–Crippen LogP) is 3.69. The molecule has 1 aromatic heterocycles. The summed E-state index contributed by atoms with van der Waals surface area (Å²) in [5.41, 5.74) is 3.95. The van der Waals surface area contributed by atoms with Gasteiger partial charge in [-0.3, -0.25) is 0 Å². The number of carbonyl (C=O) groups excluding carboxylic acids is 1. The molecule has 156 valence electrons. The summed E-state index contributed by atoms with van der Waals surface area (Å²) >= 11 is 0. The molecule has 2 aromatic rings. The SMILES string of the molecule is CCc1cc(C(C)NC(=O)N2CCN(c3ccc(F)cc3)CC2)c(OC)nc1C. The van der Waals surface area contributed by atoms with Gasteiger partial charge in [0, 0.05) is 43.1 Å². The summed E-state index contributed by atoms with van der Waals surface area (Å²) in [4.78, 5) is 21.3. The average Bonchev–Trinajstić information content (AvgIpc) is 2.74. The normalized spacial score (nSPS) is 15.2. The van der Waals surface area contributed by atoms with Gasteiger partial charge in [-0.05, 0) is 56.2 Å². The third-order valence-electron chi connectivity index (χ3n) is 5.45. The summed E-state index contributed by atoms with van der Waals surface area (Å²) < 4.78 is 18.5. The summed E-state index contributed by atoms with van der Waals surface area (Å²) in [7, 11) is 1.60. The molecule has 1 aromatic carbocycles. The number of aromatic nitrogens is 1. The number of pyridine rings is 1. The monoisotopic (exact) mass is 400 g/mol. The Hall–Kier alpha value is -2.83. The van der Waals surface area contributed by atoms with Crippen LogP contribution in [-0.4, -0.2) is 49.2 Å². The summed E-state index contributed by atoms with van der Waals surface area (Å²) in [6, 6.07) is 8.22. The maximum absolute atomic E-state index is 13.1. The van der Waals surface area contributed by atoms with E-state index in [-0.39, 0.29) is 17.9 Å². The molecule has 0 saturated carbocycles. The van der Waals surface area contributed by atoms with Crippen molar-refractivity contribution in [3.8, 4) is 5.88 Å². The van der Waals surface area contributed by atoms with E-state index in [0.29, 0.717) is 32.1 Å². The standard InChI is InChI=1S/C22H29FN4O2/c1-5-17-14-20(21(29-4)24-15(17)2)16(3)25-22(28)27-12-10-26(11-13-27)19-8-6-18(23)7-9-19/h6-9,14,16H,5,10-13H2,1-4H3,(H,25,28). The van der Waals surface area contributed by atoms with Gasteiger partial charge >= 0.3 is 6.03 Å². The molecule has 1 aliphatic heterocycles. The van der Waals surface area contributed by atoms with Crippen LogP contribution in [0.4, 0.5) is 14.9 Å². The molecule has 3 rings (SSSR count). The van der Waals surface area contributed by atoms with Crippen LogP contribution in [-0.2, 0) is 6.42 Å². The van der Waals surface area contributed by atoms with Crippen LogP contribution in [0.2, 0.25) is 0 Å². The van der Waals surface area contributed by atoms with Crippen molar-refractivity contribution in [3.63, 3.8) is 0 Å². The lowest BCUT2D eigenvalue weighted by molar-refractivity contribution is 0.191. The van der Waals surface area contributed by atoms with Crippen molar-refractivity contribution >= 4 is 11.7 Å². The van der Waals surface area contributed by atoms with Crippen molar-refractivity contribution < 1.29 is 13.9 Å². The van der Waals surface area contributed by atoms with E-state index in [0.717, 1.165) is 28.9 Å². The van der Waals surface area contributed by atoms with E-state index in [9.17, 15) is 9.18 Å². The molecule has 1 aliphatic rings. The molecule has 1 saturated heterocycles. The molecule has 1 atom stereocenters. The van der Waals surface area contributed by atoms with E-state index in [4.69, 9.17) is 4.74 Å². The van der Waals surface area contributed by atoms with Crippen molar-refractivity contribution in [3.05, 3.63) is 53.0 Å². The molecule has 0 spiro atoms. The number of anilines is 1. The molecule has 2 heterocycles. The minimum atomic E-state index is -0.243. The number of piperazine rings is 1. The van der Waals surface area contributed by atoms with Crippen molar-refractivity contribution in [1.82, 2.24) is 15.2 Å². The Morgan fingerprint density at radius 1 is 1.24 bits per heavy atom. The Balaban J connectivity index is 1.61. The number of methoxy groups -OCH3 is 1. The minimum absolute atomic E-state index is 0.100. The van der Waals surface area contributed by atoms with Crippen LogP contribution < -0.4 is 15.0 Å². The number of hydrogen-bond acceptors (Lipinski definition) is 4. The number of benzene rings is 1. The van der Waals surface area contributed by atoms with Crippen molar-refractivity contribution in [2.45, 2.75) is 33.2 Å². The Labute approximate surface area is 171 Å². The molecule has 1 unspecified atom stereocenters. The Morgan fingerprint density at radius 3 is 2.48 bits per heavy atom. The lowest BCUT2D eigenvalue weighted by Crippen LogP contribution is -2.52. The zero-order chi connectivity index (χ0) is 21.0. The first-order valence-corrected chi connectivity index (χ1v) is 10.0. The Kier molecular flexibility index (Phi) is 6.56. The molecule has 0 radical (unpaired) electrons. The summed E-state index contributed by atoms with van der Waals surface area (Å²) in [6.07, 6.45) is 0.877. The maximum Gasteiger partial charge on any atom is 0.317 e. The summed E-state index contributed by atoms with van der Waals surface area (Å²) in [5, 5.41) is 3.07. The highest BCUT2D eigenvalue weighted by Gasteiger charge is 2.24. The van der Waals surface area contributed by atoms with Gasteiger partial charge in [0.05, 0.1) is 13.2 Å². The highest BCUT2D eigenvalue weighted by Crippen LogP contribution is 2.26. The topological polar surface area (TPSA) is 57.7 Å². The van der Waals surface area contributed by atoms with Gasteiger partial charge in [-0.15, -0.1) is 0 Å². The number of nitrogens with one attached hydrogen (secondary N) is 1. The van der Waals surface area contributed by atoms with Crippen LogP contribution >= 0.6 is 0 Å². The number of nitrogens with zero attached hydrogens (tertiary/aromatic N) is 3. The van der Waals surface area contributed by atoms with Crippen molar-refractivity contribution in [2.75, 3.05) is 38.2 Å².